The Balaban J connectivity index is 2.28. The van der Waals surface area contributed by atoms with E-state index in [9.17, 15) is 9.59 Å². The number of carbonyl (C=O) groups is 2. The Morgan fingerprint density at radius 2 is 2.05 bits per heavy atom. The zero-order chi connectivity index (χ0) is 16.5. The van der Waals surface area contributed by atoms with Gasteiger partial charge in [-0.25, -0.2) is 0 Å². The molecule has 120 valence electrons. The number of carboxylic acid groups (broad SMARTS) is 1. The molecule has 0 radical (unpaired) electrons. The van der Waals surface area contributed by atoms with Crippen molar-refractivity contribution in [2.75, 3.05) is 0 Å². The van der Waals surface area contributed by atoms with Crippen LogP contribution in [0.25, 0.3) is 10.2 Å². The summed E-state index contributed by atoms with van der Waals surface area (Å²) in [5.41, 5.74) is 0.183. The third-order valence-electron chi connectivity index (χ3n) is 4.14. The quantitative estimate of drug-likeness (QED) is 0.856. The summed E-state index contributed by atoms with van der Waals surface area (Å²) < 4.78 is 1.76. The second-order valence-electron chi connectivity index (χ2n) is 5.55. The van der Waals surface area contributed by atoms with Gasteiger partial charge in [-0.05, 0) is 25.8 Å². The maximum Gasteiger partial charge on any atom is 0.305 e. The lowest BCUT2D eigenvalue weighted by molar-refractivity contribution is -0.138. The number of fused-ring (bicyclic) bond motifs is 1. The van der Waals surface area contributed by atoms with Crippen molar-refractivity contribution in [2.45, 2.75) is 45.6 Å². The summed E-state index contributed by atoms with van der Waals surface area (Å²) in [4.78, 5) is 25.1. The summed E-state index contributed by atoms with van der Waals surface area (Å²) in [5.74, 6) is -1.12. The second-order valence-corrected chi connectivity index (χ2v) is 6.58. The molecule has 0 unspecified atom stereocenters. The number of aliphatic carboxylic acids is 1. The molecule has 0 bridgehead atoms. The molecule has 6 nitrogen and oxygen atoms in total. The first-order valence-electron chi connectivity index (χ1n) is 7.29. The Labute approximate surface area is 133 Å². The highest BCUT2D eigenvalue weighted by Crippen LogP contribution is 2.29. The second kappa shape index (κ2) is 6.08. The number of hydrogen-bond donors (Lipinski definition) is 2. The number of nitrogens with zero attached hydrogens (tertiary/aromatic N) is 2. The highest BCUT2D eigenvalue weighted by atomic mass is 32.1. The average molecular weight is 323 g/mol. The molecular weight excluding hydrogens is 302 g/mol. The van der Waals surface area contributed by atoms with E-state index in [0.717, 1.165) is 15.9 Å². The molecule has 0 spiro atoms. The van der Waals surface area contributed by atoms with Crippen LogP contribution in [0.2, 0.25) is 0 Å². The summed E-state index contributed by atoms with van der Waals surface area (Å²) >= 11 is 1.37. The van der Waals surface area contributed by atoms with Gasteiger partial charge >= 0.3 is 5.97 Å². The van der Waals surface area contributed by atoms with Crippen molar-refractivity contribution < 1.29 is 14.7 Å². The molecule has 22 heavy (non-hydrogen) atoms. The molecule has 2 aromatic rings. The Bertz CT molecular complexity index is 679. The third kappa shape index (κ3) is 2.99. The highest BCUT2D eigenvalue weighted by Gasteiger charge is 2.32. The van der Waals surface area contributed by atoms with Crippen LogP contribution in [0, 0.1) is 6.92 Å². The highest BCUT2D eigenvalue weighted by molar-refractivity contribution is 7.20. The number of rotatable bonds is 6. The molecule has 0 aliphatic heterocycles. The van der Waals surface area contributed by atoms with Crippen LogP contribution in [0.5, 0.6) is 0 Å². The number of hydrogen-bond acceptors (Lipinski definition) is 4. The van der Waals surface area contributed by atoms with Gasteiger partial charge in [-0.1, -0.05) is 13.8 Å². The van der Waals surface area contributed by atoms with Gasteiger partial charge in [0, 0.05) is 12.4 Å². The van der Waals surface area contributed by atoms with E-state index in [0.29, 0.717) is 17.7 Å². The van der Waals surface area contributed by atoms with Crippen LogP contribution in [-0.4, -0.2) is 32.3 Å². The number of amides is 1. The van der Waals surface area contributed by atoms with Gasteiger partial charge in [0.2, 0.25) is 0 Å². The van der Waals surface area contributed by atoms with E-state index in [4.69, 9.17) is 5.11 Å². The predicted molar refractivity (Wildman–Crippen MR) is 86.4 cm³/mol. The van der Waals surface area contributed by atoms with E-state index in [1.807, 2.05) is 33.9 Å². The van der Waals surface area contributed by atoms with E-state index in [1.165, 1.54) is 11.3 Å². The van der Waals surface area contributed by atoms with Crippen LogP contribution in [0.3, 0.4) is 0 Å². The first kappa shape index (κ1) is 16.5. The minimum atomic E-state index is -0.902. The number of carbonyl (C=O) groups excluding carboxylic acids is 1. The summed E-state index contributed by atoms with van der Waals surface area (Å²) in [7, 11) is 1.85. The number of aromatic nitrogens is 2. The molecule has 0 aliphatic carbocycles. The molecule has 0 atom stereocenters. The van der Waals surface area contributed by atoms with Gasteiger partial charge < -0.3 is 10.4 Å². The summed E-state index contributed by atoms with van der Waals surface area (Å²) in [5, 5.41) is 17.3. The average Bonchev–Trinajstić information content (AvgIpc) is 3.00. The molecule has 2 N–H and O–H groups in total. The van der Waals surface area contributed by atoms with Gasteiger partial charge in [-0.3, -0.25) is 14.3 Å². The van der Waals surface area contributed by atoms with Crippen molar-refractivity contribution in [3.63, 3.8) is 0 Å². The van der Waals surface area contributed by atoms with Gasteiger partial charge in [0.05, 0.1) is 22.5 Å². The van der Waals surface area contributed by atoms with Crippen molar-refractivity contribution >= 4 is 33.4 Å². The fourth-order valence-electron chi connectivity index (χ4n) is 2.63. The zero-order valence-corrected chi connectivity index (χ0v) is 14.1. The van der Waals surface area contributed by atoms with E-state index in [2.05, 4.69) is 10.4 Å². The van der Waals surface area contributed by atoms with Crippen LogP contribution in [0.1, 0.15) is 48.5 Å². The maximum absolute atomic E-state index is 12.5. The van der Waals surface area contributed by atoms with Gasteiger partial charge in [0.25, 0.3) is 5.91 Å². The SMILES string of the molecule is CCC(CC)(CC(=O)O)NC(=O)c1cc2c(C)nn(C)c2s1. The number of carboxylic acids is 1. The van der Waals surface area contributed by atoms with Crippen molar-refractivity contribution in [2.24, 2.45) is 7.05 Å². The lowest BCUT2D eigenvalue weighted by Crippen LogP contribution is -2.48. The Morgan fingerprint density at radius 3 is 2.55 bits per heavy atom. The van der Waals surface area contributed by atoms with Gasteiger partial charge in [0.1, 0.15) is 4.83 Å². The molecule has 7 heteroatoms. The molecular formula is C15H21N3O3S. The van der Waals surface area contributed by atoms with Crippen LogP contribution in [0.4, 0.5) is 0 Å². The normalized spacial score (nSPS) is 11.8. The first-order chi connectivity index (χ1) is 10.3. The predicted octanol–water partition coefficient (Wildman–Crippen LogP) is 2.71. The minimum absolute atomic E-state index is 0.0722. The molecule has 0 fully saturated rings. The topological polar surface area (TPSA) is 84.2 Å². The zero-order valence-electron chi connectivity index (χ0n) is 13.3. The van der Waals surface area contributed by atoms with Gasteiger partial charge in [-0.2, -0.15) is 5.10 Å². The van der Waals surface area contributed by atoms with Crippen LogP contribution >= 0.6 is 11.3 Å². The molecule has 0 aromatic carbocycles. The van der Waals surface area contributed by atoms with Crippen LogP contribution in [0.15, 0.2) is 6.07 Å². The van der Waals surface area contributed by atoms with E-state index >= 15 is 0 Å². The maximum atomic E-state index is 12.5. The molecule has 1 amide bonds. The number of nitrogens with one attached hydrogen (secondary N) is 1. The summed E-state index contributed by atoms with van der Waals surface area (Å²) in [6.07, 6.45) is 1.08. The molecule has 2 aromatic heterocycles. The number of thiophene rings is 1. The van der Waals surface area contributed by atoms with E-state index < -0.39 is 11.5 Å². The fraction of sp³-hybridized carbons (Fsp3) is 0.533. The molecule has 2 heterocycles. The van der Waals surface area contributed by atoms with E-state index in [-0.39, 0.29) is 12.3 Å². The Kier molecular flexibility index (Phi) is 4.55. The monoisotopic (exact) mass is 323 g/mol. The van der Waals surface area contributed by atoms with E-state index in [1.54, 1.807) is 4.68 Å². The Morgan fingerprint density at radius 1 is 1.41 bits per heavy atom. The van der Waals surface area contributed by atoms with Crippen molar-refractivity contribution in [3.05, 3.63) is 16.6 Å². The molecule has 0 saturated heterocycles. The van der Waals surface area contributed by atoms with Crippen LogP contribution < -0.4 is 5.32 Å². The van der Waals surface area contributed by atoms with Gasteiger partial charge in [0.15, 0.2) is 0 Å². The molecule has 0 saturated carbocycles. The third-order valence-corrected chi connectivity index (χ3v) is 5.34. The Hall–Kier alpha value is -1.89. The largest absolute Gasteiger partial charge is 0.481 e. The number of aryl methyl sites for hydroxylation is 2. The van der Waals surface area contributed by atoms with Gasteiger partial charge in [-0.15, -0.1) is 11.3 Å². The smallest absolute Gasteiger partial charge is 0.305 e. The lowest BCUT2D eigenvalue weighted by atomic mass is 9.89. The minimum Gasteiger partial charge on any atom is -0.481 e. The fourth-order valence-corrected chi connectivity index (χ4v) is 3.65. The summed E-state index contributed by atoms with van der Waals surface area (Å²) in [6, 6.07) is 1.83. The lowest BCUT2D eigenvalue weighted by Gasteiger charge is -2.31. The van der Waals surface area contributed by atoms with Crippen molar-refractivity contribution in [1.29, 1.82) is 0 Å². The molecule has 0 aliphatic rings. The van der Waals surface area contributed by atoms with Crippen LogP contribution in [-0.2, 0) is 11.8 Å². The molecule has 2 rings (SSSR count). The summed E-state index contributed by atoms with van der Waals surface area (Å²) in [6.45, 7) is 5.70. The van der Waals surface area contributed by atoms with Crippen molar-refractivity contribution in [1.82, 2.24) is 15.1 Å². The van der Waals surface area contributed by atoms with Crippen molar-refractivity contribution in [3.8, 4) is 0 Å². The standard InChI is InChI=1S/C15H21N3O3S/c1-5-15(6-2,8-12(19)20)16-13(21)11-7-10-9(3)17-18(4)14(10)22-11/h7H,5-6,8H2,1-4H3,(H,16,21)(H,19,20). The first-order valence-corrected chi connectivity index (χ1v) is 8.11.